The summed E-state index contributed by atoms with van der Waals surface area (Å²) < 4.78 is 5.82. The number of benzene rings is 2. The van der Waals surface area contributed by atoms with Gasteiger partial charge in [-0.1, -0.05) is 42.5 Å². The molecule has 0 saturated carbocycles. The molecule has 2 heterocycles. The first-order chi connectivity index (χ1) is 10.3. The Morgan fingerprint density at radius 1 is 1.10 bits per heavy atom. The molecule has 0 aliphatic carbocycles. The average molecular weight is 278 g/mol. The predicted molar refractivity (Wildman–Crippen MR) is 79.8 cm³/mol. The van der Waals surface area contributed by atoms with Crippen molar-refractivity contribution in [2.45, 2.75) is 11.5 Å². The molecule has 0 amide bonds. The summed E-state index contributed by atoms with van der Waals surface area (Å²) in [7, 11) is 0. The number of ether oxygens (including phenoxy) is 1. The molecule has 1 N–H and O–H groups in total. The van der Waals surface area contributed by atoms with E-state index in [4.69, 9.17) is 4.74 Å². The van der Waals surface area contributed by atoms with Crippen molar-refractivity contribution in [2.75, 3.05) is 6.61 Å². The van der Waals surface area contributed by atoms with Gasteiger partial charge in [-0.25, -0.2) is 0 Å². The Hall–Kier alpha value is -2.62. The molecular weight excluding hydrogens is 264 g/mol. The van der Waals surface area contributed by atoms with Crippen molar-refractivity contribution in [2.24, 2.45) is 5.10 Å². The topological polar surface area (TPSA) is 50.7 Å². The van der Waals surface area contributed by atoms with E-state index in [2.05, 4.69) is 10.5 Å². The molecule has 2 atom stereocenters. The van der Waals surface area contributed by atoms with Crippen molar-refractivity contribution >= 4 is 12.0 Å². The second-order valence-electron chi connectivity index (χ2n) is 5.36. The van der Waals surface area contributed by atoms with Gasteiger partial charge in [0.1, 0.15) is 12.4 Å². The lowest BCUT2D eigenvalue weighted by Gasteiger charge is -2.36. The summed E-state index contributed by atoms with van der Waals surface area (Å²) >= 11 is 0. The minimum Gasteiger partial charge on any atom is -0.490 e. The van der Waals surface area contributed by atoms with Crippen LogP contribution in [0.1, 0.15) is 21.8 Å². The van der Waals surface area contributed by atoms with Crippen LogP contribution in [0.25, 0.3) is 0 Å². The van der Waals surface area contributed by atoms with Crippen LogP contribution in [0.2, 0.25) is 0 Å². The molecule has 0 aromatic heterocycles. The molecule has 2 aliphatic heterocycles. The lowest BCUT2D eigenvalue weighted by Crippen LogP contribution is -2.58. The van der Waals surface area contributed by atoms with Crippen LogP contribution in [-0.4, -0.2) is 24.1 Å². The van der Waals surface area contributed by atoms with Crippen molar-refractivity contribution < 1.29 is 9.53 Å². The second-order valence-corrected chi connectivity index (χ2v) is 5.36. The van der Waals surface area contributed by atoms with Crippen molar-refractivity contribution in [3.63, 3.8) is 0 Å². The quantitative estimate of drug-likeness (QED) is 0.871. The highest BCUT2D eigenvalue weighted by Crippen LogP contribution is 2.39. The van der Waals surface area contributed by atoms with Crippen LogP contribution in [0.3, 0.4) is 0 Å². The number of hydrogen-bond acceptors (Lipinski definition) is 4. The summed E-state index contributed by atoms with van der Waals surface area (Å²) in [6, 6.07) is 17.3. The van der Waals surface area contributed by atoms with Gasteiger partial charge in [-0.05, 0) is 17.7 Å². The van der Waals surface area contributed by atoms with Crippen LogP contribution in [-0.2, 0) is 0 Å². The van der Waals surface area contributed by atoms with Gasteiger partial charge in [0.2, 0.25) is 0 Å². The highest BCUT2D eigenvalue weighted by atomic mass is 16.5. The van der Waals surface area contributed by atoms with Gasteiger partial charge in [-0.2, -0.15) is 5.10 Å². The molecule has 0 unspecified atom stereocenters. The number of nitrogens with zero attached hydrogens (tertiary/aromatic N) is 1. The molecular formula is C17H14N2O2. The fourth-order valence-electron chi connectivity index (χ4n) is 3.05. The molecule has 0 fully saturated rings. The summed E-state index contributed by atoms with van der Waals surface area (Å²) in [5, 5.41) is 4.17. The number of para-hydroxylation sites is 1. The molecule has 0 radical (unpaired) electrons. The number of hydrogen-bond donors (Lipinski definition) is 1. The van der Waals surface area contributed by atoms with Crippen LogP contribution >= 0.6 is 0 Å². The zero-order chi connectivity index (χ0) is 14.3. The van der Waals surface area contributed by atoms with Gasteiger partial charge in [-0.3, -0.25) is 10.2 Å². The Kier molecular flexibility index (Phi) is 2.57. The normalized spacial score (nSPS) is 26.3. The zero-order valence-electron chi connectivity index (χ0n) is 11.3. The Morgan fingerprint density at radius 3 is 2.71 bits per heavy atom. The number of fused-ring (bicyclic) bond motifs is 1. The van der Waals surface area contributed by atoms with E-state index in [1.165, 1.54) is 0 Å². The number of rotatable bonds is 1. The molecule has 0 saturated heterocycles. The summed E-state index contributed by atoms with van der Waals surface area (Å²) in [4.78, 5) is 13.0. The lowest BCUT2D eigenvalue weighted by atomic mass is 9.75. The van der Waals surface area contributed by atoms with Crippen molar-refractivity contribution in [1.29, 1.82) is 0 Å². The third-order valence-electron chi connectivity index (χ3n) is 4.17. The van der Waals surface area contributed by atoms with Gasteiger partial charge >= 0.3 is 0 Å². The van der Waals surface area contributed by atoms with E-state index >= 15 is 0 Å². The van der Waals surface area contributed by atoms with E-state index in [0.29, 0.717) is 11.3 Å². The van der Waals surface area contributed by atoms with Crippen LogP contribution in [0.15, 0.2) is 59.7 Å². The van der Waals surface area contributed by atoms with E-state index in [9.17, 15) is 4.79 Å². The maximum atomic E-state index is 13.0. The molecule has 2 aromatic rings. The number of carbonyl (C=O) groups excluding carboxylic acids is 1. The smallest absolute Gasteiger partial charge is 0.197 e. The van der Waals surface area contributed by atoms with Crippen molar-refractivity contribution in [1.82, 2.24) is 5.43 Å². The molecule has 21 heavy (non-hydrogen) atoms. The van der Waals surface area contributed by atoms with E-state index < -0.39 is 5.54 Å². The largest absolute Gasteiger partial charge is 0.490 e. The Morgan fingerprint density at radius 2 is 1.86 bits per heavy atom. The molecule has 0 bridgehead atoms. The van der Waals surface area contributed by atoms with Gasteiger partial charge < -0.3 is 4.74 Å². The molecule has 2 aromatic carbocycles. The number of hydrazone groups is 1. The van der Waals surface area contributed by atoms with Crippen LogP contribution in [0.4, 0.5) is 0 Å². The first-order valence-corrected chi connectivity index (χ1v) is 6.93. The molecule has 2 aliphatic rings. The van der Waals surface area contributed by atoms with E-state index in [1.807, 2.05) is 48.5 Å². The van der Waals surface area contributed by atoms with Crippen LogP contribution in [0, 0.1) is 0 Å². The van der Waals surface area contributed by atoms with Gasteiger partial charge in [0.15, 0.2) is 11.3 Å². The van der Waals surface area contributed by atoms with E-state index in [-0.39, 0.29) is 18.3 Å². The third kappa shape index (κ3) is 1.69. The molecule has 1 spiro atoms. The fourth-order valence-corrected chi connectivity index (χ4v) is 3.05. The standard InChI is InChI=1S/C17H14N2O2/c20-16-13-8-4-5-9-15(13)21-11-17(16)14(10-18-19-17)12-6-2-1-3-7-12/h1-10,14,19H,11H2/t14-,17-/m1/s1. The number of Topliss-reactive ketones (excluding diaryl/α,β-unsaturated/α-hetero) is 1. The van der Waals surface area contributed by atoms with Crippen LogP contribution < -0.4 is 10.2 Å². The zero-order valence-corrected chi connectivity index (χ0v) is 11.3. The van der Waals surface area contributed by atoms with Crippen LogP contribution in [0.5, 0.6) is 5.75 Å². The maximum absolute atomic E-state index is 13.0. The molecule has 4 heteroatoms. The van der Waals surface area contributed by atoms with Crippen molar-refractivity contribution in [3.8, 4) is 5.75 Å². The first kappa shape index (κ1) is 12.1. The summed E-state index contributed by atoms with van der Waals surface area (Å²) in [6.45, 7) is 0.280. The minimum absolute atomic E-state index is 0.0377. The van der Waals surface area contributed by atoms with E-state index in [1.54, 1.807) is 12.3 Å². The second kappa shape index (κ2) is 4.45. The van der Waals surface area contributed by atoms with Gasteiger partial charge in [0.05, 0.1) is 11.5 Å². The minimum atomic E-state index is -0.838. The van der Waals surface area contributed by atoms with E-state index in [0.717, 1.165) is 5.56 Å². The van der Waals surface area contributed by atoms with Gasteiger partial charge in [0.25, 0.3) is 0 Å². The van der Waals surface area contributed by atoms with Crippen molar-refractivity contribution in [3.05, 3.63) is 65.7 Å². The summed E-state index contributed by atoms with van der Waals surface area (Å²) in [5.74, 6) is 0.559. The Labute approximate surface area is 122 Å². The molecule has 4 nitrogen and oxygen atoms in total. The summed E-state index contributed by atoms with van der Waals surface area (Å²) in [6.07, 6.45) is 1.80. The number of ketones is 1. The predicted octanol–water partition coefficient (Wildman–Crippen LogP) is 2.37. The number of carbonyl (C=O) groups is 1. The Balaban J connectivity index is 1.80. The number of nitrogens with one attached hydrogen (secondary N) is 1. The lowest BCUT2D eigenvalue weighted by molar-refractivity contribution is 0.0718. The highest BCUT2D eigenvalue weighted by molar-refractivity contribution is 6.09. The van der Waals surface area contributed by atoms with Gasteiger partial charge in [0, 0.05) is 6.21 Å². The molecule has 104 valence electrons. The maximum Gasteiger partial charge on any atom is 0.197 e. The third-order valence-corrected chi connectivity index (χ3v) is 4.17. The first-order valence-electron chi connectivity index (χ1n) is 6.93. The average Bonchev–Trinajstić information content (AvgIpc) is 2.97. The fraction of sp³-hybridized carbons (Fsp3) is 0.176. The molecule has 4 rings (SSSR count). The highest BCUT2D eigenvalue weighted by Gasteiger charge is 2.52. The SMILES string of the molecule is O=C1c2ccccc2OC[C@]12NN=C[C@@H]2c1ccccc1. The monoisotopic (exact) mass is 278 g/mol. The Bertz CT molecular complexity index is 727. The summed E-state index contributed by atoms with van der Waals surface area (Å²) in [5.41, 5.74) is 3.84. The van der Waals surface area contributed by atoms with Gasteiger partial charge in [-0.15, -0.1) is 0 Å².